The molecule has 0 N–H and O–H groups in total. The lowest BCUT2D eigenvalue weighted by Crippen LogP contribution is -2.38. The van der Waals surface area contributed by atoms with Gasteiger partial charge in [-0.3, -0.25) is 4.79 Å². The van der Waals surface area contributed by atoms with Crippen LogP contribution in [0.25, 0.3) is 0 Å². The van der Waals surface area contributed by atoms with Gasteiger partial charge in [-0.2, -0.15) is 0 Å². The molecule has 1 amide bonds. The molecule has 2 aromatic carbocycles. The second-order valence-electron chi connectivity index (χ2n) is 6.50. The van der Waals surface area contributed by atoms with Crippen LogP contribution in [0.5, 0.6) is 11.5 Å². The van der Waals surface area contributed by atoms with Crippen LogP contribution < -0.4 is 9.47 Å². The Labute approximate surface area is 149 Å². The fourth-order valence-corrected chi connectivity index (χ4v) is 3.44. The summed E-state index contributed by atoms with van der Waals surface area (Å²) in [5.74, 6) is 1.95. The lowest BCUT2D eigenvalue weighted by molar-refractivity contribution is 0.0690. The van der Waals surface area contributed by atoms with E-state index in [0.717, 1.165) is 32.4 Å². The summed E-state index contributed by atoms with van der Waals surface area (Å²) in [6, 6.07) is 15.9. The topological polar surface area (TPSA) is 38.8 Å². The summed E-state index contributed by atoms with van der Waals surface area (Å²) in [5, 5.41) is 0. The van der Waals surface area contributed by atoms with Gasteiger partial charge in [0.25, 0.3) is 5.91 Å². The Morgan fingerprint density at radius 2 is 1.68 bits per heavy atom. The number of benzene rings is 2. The Morgan fingerprint density at radius 3 is 2.32 bits per heavy atom. The van der Waals surface area contributed by atoms with E-state index >= 15 is 0 Å². The molecule has 0 saturated carbocycles. The Kier molecular flexibility index (Phi) is 5.59. The maximum Gasteiger partial charge on any atom is 0.253 e. The van der Waals surface area contributed by atoms with Crippen LogP contribution in [0.4, 0.5) is 0 Å². The Hall–Kier alpha value is -2.49. The minimum Gasteiger partial charge on any atom is -0.493 e. The minimum absolute atomic E-state index is 0.0686. The molecule has 0 atom stereocenters. The number of hydrogen-bond donors (Lipinski definition) is 0. The Balaban J connectivity index is 1.60. The van der Waals surface area contributed by atoms with Crippen LogP contribution in [0.2, 0.25) is 0 Å². The van der Waals surface area contributed by atoms with Crippen molar-refractivity contribution < 1.29 is 14.3 Å². The van der Waals surface area contributed by atoms with Crippen LogP contribution >= 0.6 is 0 Å². The number of rotatable bonds is 5. The summed E-state index contributed by atoms with van der Waals surface area (Å²) in [7, 11) is 3.18. The van der Waals surface area contributed by atoms with Gasteiger partial charge in [0.15, 0.2) is 11.5 Å². The average molecular weight is 339 g/mol. The second kappa shape index (κ2) is 8.06. The molecule has 1 saturated heterocycles. The molecule has 0 aromatic heterocycles. The predicted molar refractivity (Wildman–Crippen MR) is 98.3 cm³/mol. The van der Waals surface area contributed by atoms with Crippen molar-refractivity contribution in [2.45, 2.75) is 19.3 Å². The molecule has 1 aliphatic heterocycles. The smallest absolute Gasteiger partial charge is 0.253 e. The number of likely N-dealkylation sites (tertiary alicyclic amines) is 1. The molecule has 2 aromatic rings. The van der Waals surface area contributed by atoms with Gasteiger partial charge in [-0.15, -0.1) is 0 Å². The zero-order valence-corrected chi connectivity index (χ0v) is 14.9. The molecule has 132 valence electrons. The Bertz CT molecular complexity index is 706. The fourth-order valence-electron chi connectivity index (χ4n) is 3.44. The van der Waals surface area contributed by atoms with Gasteiger partial charge in [0.1, 0.15) is 0 Å². The molecule has 1 aliphatic rings. The molecule has 1 fully saturated rings. The van der Waals surface area contributed by atoms with Crippen molar-refractivity contribution in [1.82, 2.24) is 4.90 Å². The van der Waals surface area contributed by atoms with E-state index in [1.807, 2.05) is 11.0 Å². The second-order valence-corrected chi connectivity index (χ2v) is 6.50. The van der Waals surface area contributed by atoms with Crippen molar-refractivity contribution in [3.05, 3.63) is 59.7 Å². The highest BCUT2D eigenvalue weighted by Crippen LogP contribution is 2.29. The normalized spacial score (nSPS) is 15.0. The van der Waals surface area contributed by atoms with Crippen LogP contribution in [0, 0.1) is 5.92 Å². The van der Waals surface area contributed by atoms with Crippen LogP contribution in [0.1, 0.15) is 28.8 Å². The average Bonchev–Trinajstić information content (AvgIpc) is 2.68. The molecule has 1 heterocycles. The number of piperidine rings is 1. The fraction of sp³-hybridized carbons (Fsp3) is 0.381. The van der Waals surface area contributed by atoms with Crippen molar-refractivity contribution >= 4 is 5.91 Å². The van der Waals surface area contributed by atoms with Crippen LogP contribution in [0.15, 0.2) is 48.5 Å². The maximum absolute atomic E-state index is 12.8. The third-order valence-corrected chi connectivity index (χ3v) is 4.90. The van der Waals surface area contributed by atoms with Crippen LogP contribution in [0.3, 0.4) is 0 Å². The molecule has 25 heavy (non-hydrogen) atoms. The summed E-state index contributed by atoms with van der Waals surface area (Å²) in [5.41, 5.74) is 2.03. The van der Waals surface area contributed by atoms with E-state index in [1.165, 1.54) is 5.56 Å². The quantitative estimate of drug-likeness (QED) is 0.832. The van der Waals surface area contributed by atoms with Crippen molar-refractivity contribution in [3.8, 4) is 11.5 Å². The lowest BCUT2D eigenvalue weighted by Gasteiger charge is -2.32. The van der Waals surface area contributed by atoms with Gasteiger partial charge in [0.2, 0.25) is 0 Å². The number of carbonyl (C=O) groups is 1. The molecular formula is C21H25NO3. The van der Waals surface area contributed by atoms with Gasteiger partial charge in [0.05, 0.1) is 14.2 Å². The zero-order chi connectivity index (χ0) is 17.6. The third-order valence-electron chi connectivity index (χ3n) is 4.90. The van der Waals surface area contributed by atoms with Gasteiger partial charge < -0.3 is 14.4 Å². The van der Waals surface area contributed by atoms with Crippen LogP contribution in [-0.4, -0.2) is 38.1 Å². The van der Waals surface area contributed by atoms with Crippen molar-refractivity contribution in [3.63, 3.8) is 0 Å². The summed E-state index contributed by atoms with van der Waals surface area (Å²) in [6.07, 6.45) is 3.20. The van der Waals surface area contributed by atoms with Crippen molar-refractivity contribution in [1.29, 1.82) is 0 Å². The van der Waals surface area contributed by atoms with Crippen LogP contribution in [-0.2, 0) is 6.42 Å². The number of ether oxygens (including phenoxy) is 2. The first-order chi connectivity index (χ1) is 12.2. The number of carbonyl (C=O) groups excluding carboxylic acids is 1. The Morgan fingerprint density at radius 1 is 1.00 bits per heavy atom. The van der Waals surface area contributed by atoms with Crippen molar-refractivity contribution in [2.75, 3.05) is 27.3 Å². The summed E-state index contributed by atoms with van der Waals surface area (Å²) in [6.45, 7) is 1.62. The zero-order valence-electron chi connectivity index (χ0n) is 14.9. The van der Waals surface area contributed by atoms with Gasteiger partial charge >= 0.3 is 0 Å². The number of hydrogen-bond acceptors (Lipinski definition) is 3. The maximum atomic E-state index is 12.8. The highest BCUT2D eigenvalue weighted by atomic mass is 16.5. The molecular weight excluding hydrogens is 314 g/mol. The third kappa shape index (κ3) is 4.13. The molecule has 0 radical (unpaired) electrons. The number of amides is 1. The first kappa shape index (κ1) is 17.3. The van der Waals surface area contributed by atoms with Gasteiger partial charge in [0, 0.05) is 18.7 Å². The molecule has 0 spiro atoms. The largest absolute Gasteiger partial charge is 0.493 e. The van der Waals surface area contributed by atoms with E-state index in [2.05, 4.69) is 24.3 Å². The molecule has 0 bridgehead atoms. The highest BCUT2D eigenvalue weighted by Gasteiger charge is 2.24. The number of methoxy groups -OCH3 is 2. The van der Waals surface area contributed by atoms with E-state index < -0.39 is 0 Å². The number of nitrogens with zero attached hydrogens (tertiary/aromatic N) is 1. The van der Waals surface area contributed by atoms with Gasteiger partial charge in [-0.1, -0.05) is 30.3 Å². The summed E-state index contributed by atoms with van der Waals surface area (Å²) < 4.78 is 10.5. The predicted octanol–water partition coefficient (Wildman–Crippen LogP) is 3.80. The van der Waals surface area contributed by atoms with Gasteiger partial charge in [-0.05, 0) is 48.9 Å². The summed E-state index contributed by atoms with van der Waals surface area (Å²) in [4.78, 5) is 14.7. The van der Waals surface area contributed by atoms with E-state index in [1.54, 1.807) is 32.4 Å². The monoisotopic (exact) mass is 339 g/mol. The minimum atomic E-state index is 0.0686. The van der Waals surface area contributed by atoms with Crippen molar-refractivity contribution in [2.24, 2.45) is 5.92 Å². The first-order valence-electron chi connectivity index (χ1n) is 8.76. The SMILES string of the molecule is COc1ccc(C(=O)N2CCC(Cc3ccccc3)CC2)cc1OC. The summed E-state index contributed by atoms with van der Waals surface area (Å²) >= 11 is 0. The van der Waals surface area contributed by atoms with E-state index in [9.17, 15) is 4.79 Å². The highest BCUT2D eigenvalue weighted by molar-refractivity contribution is 5.95. The lowest BCUT2D eigenvalue weighted by atomic mass is 9.90. The first-order valence-corrected chi connectivity index (χ1v) is 8.76. The molecule has 0 aliphatic carbocycles. The molecule has 4 nitrogen and oxygen atoms in total. The van der Waals surface area contributed by atoms with E-state index in [4.69, 9.17) is 9.47 Å². The molecule has 3 rings (SSSR count). The standard InChI is InChI=1S/C21H25NO3/c1-24-19-9-8-18(15-20(19)25-2)21(23)22-12-10-17(11-13-22)14-16-6-4-3-5-7-16/h3-9,15,17H,10-14H2,1-2H3. The van der Waals surface area contributed by atoms with Gasteiger partial charge in [-0.25, -0.2) is 0 Å². The van der Waals surface area contributed by atoms with E-state index in [0.29, 0.717) is 23.0 Å². The molecule has 0 unspecified atom stereocenters. The van der Waals surface area contributed by atoms with E-state index in [-0.39, 0.29) is 5.91 Å². The molecule has 4 heteroatoms.